The van der Waals surface area contributed by atoms with Crippen molar-refractivity contribution in [3.63, 3.8) is 0 Å². The lowest BCUT2D eigenvalue weighted by atomic mass is 10.1. The van der Waals surface area contributed by atoms with Gasteiger partial charge in [-0.1, -0.05) is 22.0 Å². The number of aryl methyl sites for hydroxylation is 1. The fraction of sp³-hybridized carbons (Fsp3) is 0.571. The van der Waals surface area contributed by atoms with Crippen LogP contribution in [0.3, 0.4) is 0 Å². The summed E-state index contributed by atoms with van der Waals surface area (Å²) in [6, 6.07) is 7.83. The van der Waals surface area contributed by atoms with Gasteiger partial charge in [-0.15, -0.1) is 0 Å². The zero-order valence-electron chi connectivity index (χ0n) is 10.8. The SMILES string of the molecule is Cc1ccc(N2CCC(C)NCC2C)cc1Br. The predicted octanol–water partition coefficient (Wildman–Crippen LogP) is 3.33. The summed E-state index contributed by atoms with van der Waals surface area (Å²) < 4.78 is 1.20. The largest absolute Gasteiger partial charge is 0.367 e. The van der Waals surface area contributed by atoms with Crippen molar-refractivity contribution in [2.45, 2.75) is 39.3 Å². The number of rotatable bonds is 1. The van der Waals surface area contributed by atoms with Gasteiger partial charge in [0.15, 0.2) is 0 Å². The number of nitrogens with zero attached hydrogens (tertiary/aromatic N) is 1. The second-order valence-corrected chi connectivity index (χ2v) is 5.93. The average Bonchev–Trinajstić information content (AvgIpc) is 2.46. The molecule has 2 unspecified atom stereocenters. The van der Waals surface area contributed by atoms with Gasteiger partial charge < -0.3 is 10.2 Å². The van der Waals surface area contributed by atoms with E-state index in [0.717, 1.165) is 13.1 Å². The van der Waals surface area contributed by atoms with Gasteiger partial charge in [-0.3, -0.25) is 0 Å². The molecule has 1 aromatic carbocycles. The highest BCUT2D eigenvalue weighted by molar-refractivity contribution is 9.10. The van der Waals surface area contributed by atoms with Crippen LogP contribution in [0.5, 0.6) is 0 Å². The van der Waals surface area contributed by atoms with Crippen LogP contribution in [0.15, 0.2) is 22.7 Å². The molecule has 17 heavy (non-hydrogen) atoms. The molecule has 94 valence electrons. The lowest BCUT2D eigenvalue weighted by Gasteiger charge is -2.29. The van der Waals surface area contributed by atoms with Crippen LogP contribution >= 0.6 is 15.9 Å². The maximum atomic E-state index is 3.62. The van der Waals surface area contributed by atoms with Gasteiger partial charge in [0, 0.05) is 35.3 Å². The van der Waals surface area contributed by atoms with E-state index in [0.29, 0.717) is 12.1 Å². The number of anilines is 1. The Morgan fingerprint density at radius 3 is 2.82 bits per heavy atom. The number of hydrogen-bond acceptors (Lipinski definition) is 2. The maximum absolute atomic E-state index is 3.62. The van der Waals surface area contributed by atoms with Crippen LogP contribution in [0, 0.1) is 6.92 Å². The van der Waals surface area contributed by atoms with Crippen LogP contribution in [0.2, 0.25) is 0 Å². The first-order valence-electron chi connectivity index (χ1n) is 6.34. The van der Waals surface area contributed by atoms with Crippen molar-refractivity contribution in [1.29, 1.82) is 0 Å². The van der Waals surface area contributed by atoms with Crippen LogP contribution in [0.4, 0.5) is 5.69 Å². The third-order valence-electron chi connectivity index (χ3n) is 3.58. The van der Waals surface area contributed by atoms with Gasteiger partial charge in [0.25, 0.3) is 0 Å². The number of hydrogen-bond donors (Lipinski definition) is 1. The maximum Gasteiger partial charge on any atom is 0.0386 e. The van der Waals surface area contributed by atoms with Crippen LogP contribution in [-0.2, 0) is 0 Å². The van der Waals surface area contributed by atoms with Crippen LogP contribution in [0.1, 0.15) is 25.8 Å². The summed E-state index contributed by atoms with van der Waals surface area (Å²) in [7, 11) is 0. The molecular formula is C14H21BrN2. The lowest BCUT2D eigenvalue weighted by Crippen LogP contribution is -2.37. The first kappa shape index (κ1) is 12.9. The Morgan fingerprint density at radius 1 is 1.35 bits per heavy atom. The fourth-order valence-corrected chi connectivity index (χ4v) is 2.65. The molecule has 1 heterocycles. The highest BCUT2D eigenvalue weighted by atomic mass is 79.9. The first-order valence-corrected chi connectivity index (χ1v) is 7.13. The van der Waals surface area contributed by atoms with Crippen molar-refractivity contribution in [2.24, 2.45) is 0 Å². The molecule has 0 bridgehead atoms. The molecular weight excluding hydrogens is 276 g/mol. The van der Waals surface area contributed by atoms with Gasteiger partial charge in [0.1, 0.15) is 0 Å². The number of nitrogens with one attached hydrogen (secondary N) is 1. The molecule has 0 aliphatic carbocycles. The first-order chi connectivity index (χ1) is 8.08. The van der Waals surface area contributed by atoms with E-state index in [4.69, 9.17) is 0 Å². The minimum Gasteiger partial charge on any atom is -0.367 e. The molecule has 0 spiro atoms. The Bertz CT molecular complexity index is 392. The summed E-state index contributed by atoms with van der Waals surface area (Å²) in [6.07, 6.45) is 1.20. The van der Waals surface area contributed by atoms with E-state index in [-0.39, 0.29) is 0 Å². The molecule has 3 heteroatoms. The summed E-state index contributed by atoms with van der Waals surface area (Å²) in [5.74, 6) is 0. The molecule has 1 saturated heterocycles. The monoisotopic (exact) mass is 296 g/mol. The Balaban J connectivity index is 2.22. The van der Waals surface area contributed by atoms with E-state index in [1.807, 2.05) is 0 Å². The average molecular weight is 297 g/mol. The van der Waals surface area contributed by atoms with Crippen molar-refractivity contribution in [3.8, 4) is 0 Å². The van der Waals surface area contributed by atoms with Crippen molar-refractivity contribution in [1.82, 2.24) is 5.32 Å². The van der Waals surface area contributed by atoms with Crippen molar-refractivity contribution in [2.75, 3.05) is 18.0 Å². The lowest BCUT2D eigenvalue weighted by molar-refractivity contribution is 0.548. The van der Waals surface area contributed by atoms with Gasteiger partial charge in [-0.2, -0.15) is 0 Å². The van der Waals surface area contributed by atoms with Gasteiger partial charge in [-0.25, -0.2) is 0 Å². The number of halogens is 1. The molecule has 1 aromatic rings. The zero-order chi connectivity index (χ0) is 12.4. The Hall–Kier alpha value is -0.540. The standard InChI is InChI=1S/C14H21BrN2/c1-10-4-5-13(8-14(10)15)17-7-6-11(2)16-9-12(17)3/h4-5,8,11-12,16H,6-7,9H2,1-3H3. The molecule has 0 radical (unpaired) electrons. The normalized spacial score (nSPS) is 25.8. The second-order valence-electron chi connectivity index (χ2n) is 5.07. The number of benzene rings is 1. The Kier molecular flexibility index (Phi) is 4.10. The fourth-order valence-electron chi connectivity index (χ4n) is 2.28. The van der Waals surface area contributed by atoms with Crippen LogP contribution < -0.4 is 10.2 Å². The Labute approximate surface area is 113 Å². The van der Waals surface area contributed by atoms with E-state index in [1.165, 1.54) is 22.1 Å². The molecule has 0 aromatic heterocycles. The quantitative estimate of drug-likeness (QED) is 0.855. The van der Waals surface area contributed by atoms with Crippen molar-refractivity contribution in [3.05, 3.63) is 28.2 Å². The summed E-state index contributed by atoms with van der Waals surface area (Å²) in [4.78, 5) is 2.50. The third kappa shape index (κ3) is 3.02. The summed E-state index contributed by atoms with van der Waals surface area (Å²) >= 11 is 3.62. The second kappa shape index (κ2) is 5.40. The minimum atomic E-state index is 0.551. The van der Waals surface area contributed by atoms with E-state index in [9.17, 15) is 0 Å². The molecule has 2 rings (SSSR count). The zero-order valence-corrected chi connectivity index (χ0v) is 12.4. The van der Waals surface area contributed by atoms with E-state index in [1.54, 1.807) is 0 Å². The van der Waals surface area contributed by atoms with Gasteiger partial charge in [0.2, 0.25) is 0 Å². The van der Waals surface area contributed by atoms with Gasteiger partial charge >= 0.3 is 0 Å². The van der Waals surface area contributed by atoms with E-state index >= 15 is 0 Å². The molecule has 1 aliphatic heterocycles. The summed E-state index contributed by atoms with van der Waals surface area (Å²) in [5, 5.41) is 3.57. The molecule has 2 nitrogen and oxygen atoms in total. The molecule has 0 amide bonds. The highest BCUT2D eigenvalue weighted by Gasteiger charge is 2.20. The van der Waals surface area contributed by atoms with Crippen LogP contribution in [-0.4, -0.2) is 25.2 Å². The third-order valence-corrected chi connectivity index (χ3v) is 4.44. The summed E-state index contributed by atoms with van der Waals surface area (Å²) in [6.45, 7) is 8.88. The Morgan fingerprint density at radius 2 is 2.12 bits per heavy atom. The molecule has 1 fully saturated rings. The van der Waals surface area contributed by atoms with Crippen molar-refractivity contribution >= 4 is 21.6 Å². The van der Waals surface area contributed by atoms with Crippen molar-refractivity contribution < 1.29 is 0 Å². The molecule has 2 atom stereocenters. The van der Waals surface area contributed by atoms with Gasteiger partial charge in [0.05, 0.1) is 0 Å². The van der Waals surface area contributed by atoms with E-state index in [2.05, 4.69) is 65.1 Å². The molecule has 0 saturated carbocycles. The molecule has 1 aliphatic rings. The highest BCUT2D eigenvalue weighted by Crippen LogP contribution is 2.26. The molecule has 1 N–H and O–H groups in total. The topological polar surface area (TPSA) is 15.3 Å². The minimum absolute atomic E-state index is 0.551. The predicted molar refractivity (Wildman–Crippen MR) is 77.8 cm³/mol. The van der Waals surface area contributed by atoms with E-state index < -0.39 is 0 Å². The summed E-state index contributed by atoms with van der Waals surface area (Å²) in [5.41, 5.74) is 2.62. The van der Waals surface area contributed by atoms with Gasteiger partial charge in [-0.05, 0) is 44.9 Å². The smallest absolute Gasteiger partial charge is 0.0386 e. The van der Waals surface area contributed by atoms with Crippen LogP contribution in [0.25, 0.3) is 0 Å².